The van der Waals surface area contributed by atoms with E-state index in [-0.39, 0.29) is 0 Å². The number of hydrogen-bond acceptors (Lipinski definition) is 1. The molecule has 1 N–H and O–H groups in total. The van der Waals surface area contributed by atoms with Crippen molar-refractivity contribution in [3.8, 4) is 0 Å². The summed E-state index contributed by atoms with van der Waals surface area (Å²) in [5, 5.41) is 10.3. The highest BCUT2D eigenvalue weighted by Gasteiger charge is 2.26. The number of allylic oxidation sites excluding steroid dienone is 2. The zero-order valence-electron chi connectivity index (χ0n) is 9.26. The van der Waals surface area contributed by atoms with Crippen molar-refractivity contribution in [2.45, 2.75) is 57.5 Å². The maximum Gasteiger partial charge on any atom is 0.0830 e. The first-order valence-corrected chi connectivity index (χ1v) is 5.74. The number of unbranched alkanes of at least 4 members (excludes halogenated alkanes) is 1. The van der Waals surface area contributed by atoms with Gasteiger partial charge in [0.15, 0.2) is 0 Å². The van der Waals surface area contributed by atoms with Gasteiger partial charge in [0.25, 0.3) is 0 Å². The summed E-state index contributed by atoms with van der Waals surface area (Å²) in [6.45, 7) is 5.91. The summed E-state index contributed by atoms with van der Waals surface area (Å²) in [6.07, 6.45) is 11.4. The van der Waals surface area contributed by atoms with Crippen LogP contribution in [0.1, 0.15) is 51.9 Å². The Labute approximate surface area is 87.5 Å². The van der Waals surface area contributed by atoms with Crippen LogP contribution in [-0.2, 0) is 0 Å². The van der Waals surface area contributed by atoms with Gasteiger partial charge in [0.1, 0.15) is 0 Å². The minimum Gasteiger partial charge on any atom is -0.386 e. The molecule has 0 amide bonds. The molecule has 0 aromatic carbocycles. The van der Waals surface area contributed by atoms with Crippen LogP contribution in [0.25, 0.3) is 0 Å². The highest BCUT2D eigenvalue weighted by atomic mass is 16.3. The summed E-state index contributed by atoms with van der Waals surface area (Å²) in [5.74, 6) is 0. The van der Waals surface area contributed by atoms with E-state index in [4.69, 9.17) is 0 Å². The second-order valence-corrected chi connectivity index (χ2v) is 4.36. The topological polar surface area (TPSA) is 20.2 Å². The van der Waals surface area contributed by atoms with Gasteiger partial charge in [-0.3, -0.25) is 0 Å². The Bertz CT molecular complexity index is 217. The summed E-state index contributed by atoms with van der Waals surface area (Å²) in [6, 6.07) is 0. The van der Waals surface area contributed by atoms with Gasteiger partial charge in [-0.1, -0.05) is 37.5 Å². The number of rotatable bonds is 5. The Balaban J connectivity index is 2.58. The fourth-order valence-corrected chi connectivity index (χ4v) is 2.17. The van der Waals surface area contributed by atoms with Gasteiger partial charge in [-0.15, -0.1) is 6.58 Å². The summed E-state index contributed by atoms with van der Waals surface area (Å²) in [5.41, 5.74) is 0.858. The predicted molar refractivity (Wildman–Crippen MR) is 61.2 cm³/mol. The zero-order chi connectivity index (χ0) is 10.4. The Kier molecular flexibility index (Phi) is 4.40. The largest absolute Gasteiger partial charge is 0.386 e. The van der Waals surface area contributed by atoms with Crippen molar-refractivity contribution < 1.29 is 5.11 Å². The quantitative estimate of drug-likeness (QED) is 0.663. The van der Waals surface area contributed by atoms with Crippen molar-refractivity contribution in [3.05, 3.63) is 24.3 Å². The molecule has 0 aliphatic heterocycles. The predicted octanol–water partition coefficient (Wildman–Crippen LogP) is 3.59. The third-order valence-electron chi connectivity index (χ3n) is 2.95. The molecule has 1 aliphatic carbocycles. The fourth-order valence-electron chi connectivity index (χ4n) is 2.17. The molecule has 1 aliphatic rings. The lowest BCUT2D eigenvalue weighted by molar-refractivity contribution is 0.0615. The van der Waals surface area contributed by atoms with E-state index in [0.29, 0.717) is 0 Å². The van der Waals surface area contributed by atoms with E-state index in [2.05, 4.69) is 19.6 Å². The van der Waals surface area contributed by atoms with E-state index in [1.165, 1.54) is 5.57 Å². The van der Waals surface area contributed by atoms with Gasteiger partial charge < -0.3 is 5.11 Å². The normalized spacial score (nSPS) is 27.1. The Morgan fingerprint density at radius 1 is 1.64 bits per heavy atom. The zero-order valence-corrected chi connectivity index (χ0v) is 9.26. The van der Waals surface area contributed by atoms with E-state index < -0.39 is 5.60 Å². The molecule has 0 aromatic heterocycles. The average molecular weight is 194 g/mol. The first-order valence-electron chi connectivity index (χ1n) is 5.74. The first-order chi connectivity index (χ1) is 6.70. The van der Waals surface area contributed by atoms with Crippen LogP contribution in [-0.4, -0.2) is 10.7 Å². The van der Waals surface area contributed by atoms with Gasteiger partial charge in [0, 0.05) is 0 Å². The molecule has 0 saturated carbocycles. The van der Waals surface area contributed by atoms with Gasteiger partial charge >= 0.3 is 0 Å². The van der Waals surface area contributed by atoms with Gasteiger partial charge in [-0.05, 0) is 32.1 Å². The third kappa shape index (κ3) is 3.30. The second kappa shape index (κ2) is 5.35. The minimum atomic E-state index is -0.507. The molecular weight excluding hydrogens is 172 g/mol. The van der Waals surface area contributed by atoms with Gasteiger partial charge in [0.05, 0.1) is 5.60 Å². The Morgan fingerprint density at radius 3 is 3.07 bits per heavy atom. The summed E-state index contributed by atoms with van der Waals surface area (Å²) in [7, 11) is 0. The second-order valence-electron chi connectivity index (χ2n) is 4.36. The SMILES string of the molecule is C=CCC1=CC(O)(CCCC)CCC1. The van der Waals surface area contributed by atoms with Crippen LogP contribution >= 0.6 is 0 Å². The lowest BCUT2D eigenvalue weighted by Crippen LogP contribution is -2.28. The van der Waals surface area contributed by atoms with Gasteiger partial charge in [0.2, 0.25) is 0 Å². The maximum atomic E-state index is 10.3. The molecule has 1 atom stereocenters. The molecule has 0 saturated heterocycles. The van der Waals surface area contributed by atoms with Crippen molar-refractivity contribution in [1.82, 2.24) is 0 Å². The van der Waals surface area contributed by atoms with Crippen molar-refractivity contribution in [1.29, 1.82) is 0 Å². The fraction of sp³-hybridized carbons (Fsp3) is 0.692. The van der Waals surface area contributed by atoms with Crippen molar-refractivity contribution in [2.24, 2.45) is 0 Å². The molecule has 14 heavy (non-hydrogen) atoms. The molecule has 0 radical (unpaired) electrons. The van der Waals surface area contributed by atoms with Crippen molar-refractivity contribution >= 4 is 0 Å². The van der Waals surface area contributed by atoms with E-state index in [0.717, 1.165) is 44.9 Å². The molecule has 1 nitrogen and oxygen atoms in total. The van der Waals surface area contributed by atoms with E-state index >= 15 is 0 Å². The Morgan fingerprint density at radius 2 is 2.43 bits per heavy atom. The van der Waals surface area contributed by atoms with E-state index in [1.807, 2.05) is 6.08 Å². The van der Waals surface area contributed by atoms with E-state index in [1.54, 1.807) is 0 Å². The summed E-state index contributed by atoms with van der Waals surface area (Å²) >= 11 is 0. The molecule has 0 bridgehead atoms. The maximum absolute atomic E-state index is 10.3. The number of hydrogen-bond donors (Lipinski definition) is 1. The van der Waals surface area contributed by atoms with Crippen LogP contribution in [0.3, 0.4) is 0 Å². The molecule has 1 unspecified atom stereocenters. The average Bonchev–Trinajstić information content (AvgIpc) is 2.16. The lowest BCUT2D eigenvalue weighted by atomic mass is 9.82. The van der Waals surface area contributed by atoms with Gasteiger partial charge in [-0.25, -0.2) is 0 Å². The highest BCUT2D eigenvalue weighted by Crippen LogP contribution is 2.31. The van der Waals surface area contributed by atoms with Crippen LogP contribution < -0.4 is 0 Å². The molecule has 1 heteroatoms. The molecule has 1 rings (SSSR count). The summed E-state index contributed by atoms with van der Waals surface area (Å²) < 4.78 is 0. The van der Waals surface area contributed by atoms with E-state index in [9.17, 15) is 5.11 Å². The molecule has 80 valence electrons. The van der Waals surface area contributed by atoms with Crippen LogP contribution in [0.2, 0.25) is 0 Å². The van der Waals surface area contributed by atoms with Crippen LogP contribution in [0, 0.1) is 0 Å². The molecule has 0 fully saturated rings. The van der Waals surface area contributed by atoms with Gasteiger partial charge in [-0.2, -0.15) is 0 Å². The van der Waals surface area contributed by atoms with Crippen molar-refractivity contribution in [3.63, 3.8) is 0 Å². The minimum absolute atomic E-state index is 0.507. The molecule has 0 spiro atoms. The monoisotopic (exact) mass is 194 g/mol. The first kappa shape index (κ1) is 11.5. The number of aliphatic hydroxyl groups is 1. The molecule has 0 aromatic rings. The van der Waals surface area contributed by atoms with Crippen LogP contribution in [0.4, 0.5) is 0 Å². The van der Waals surface area contributed by atoms with Crippen LogP contribution in [0.15, 0.2) is 24.3 Å². The molecule has 0 heterocycles. The smallest absolute Gasteiger partial charge is 0.0830 e. The van der Waals surface area contributed by atoms with Crippen LogP contribution in [0.5, 0.6) is 0 Å². The highest BCUT2D eigenvalue weighted by molar-refractivity contribution is 5.17. The third-order valence-corrected chi connectivity index (χ3v) is 2.95. The van der Waals surface area contributed by atoms with Crippen molar-refractivity contribution in [2.75, 3.05) is 0 Å². The molecular formula is C13H22O. The Hall–Kier alpha value is -0.560. The summed E-state index contributed by atoms with van der Waals surface area (Å²) in [4.78, 5) is 0. The standard InChI is InChI=1S/C13H22O/c1-3-5-9-13(14)10-6-8-12(11-13)7-4-2/h4,11,14H,2-3,5-10H2,1H3. The lowest BCUT2D eigenvalue weighted by Gasteiger charge is -2.30.